The van der Waals surface area contributed by atoms with Crippen molar-refractivity contribution in [3.63, 3.8) is 0 Å². The Kier molecular flexibility index (Phi) is 6.89. The Labute approximate surface area is 148 Å². The molecule has 3 amide bonds. The normalized spacial score (nSPS) is 16.8. The van der Waals surface area contributed by atoms with Gasteiger partial charge < -0.3 is 10.0 Å². The molecule has 1 aliphatic rings. The number of phenols is 1. The molecule has 1 saturated heterocycles. The van der Waals surface area contributed by atoms with Crippen molar-refractivity contribution in [1.29, 1.82) is 0 Å². The summed E-state index contributed by atoms with van der Waals surface area (Å²) in [6, 6.07) is 3.38. The minimum atomic E-state index is -1.25. The molecule has 0 spiro atoms. The average Bonchev–Trinajstić information content (AvgIpc) is 2.87. The van der Waals surface area contributed by atoms with Gasteiger partial charge in [0.1, 0.15) is 6.54 Å². The van der Waals surface area contributed by atoms with Gasteiger partial charge in [0.15, 0.2) is 11.6 Å². The molecule has 1 fully saturated rings. The van der Waals surface area contributed by atoms with Gasteiger partial charge in [0, 0.05) is 18.3 Å². The Bertz CT molecular complexity index is 671. The van der Waals surface area contributed by atoms with Crippen LogP contribution in [-0.2, 0) is 15.8 Å². The summed E-state index contributed by atoms with van der Waals surface area (Å²) in [5.74, 6) is -0.953. The summed E-state index contributed by atoms with van der Waals surface area (Å²) < 4.78 is 28.0. The van der Waals surface area contributed by atoms with Gasteiger partial charge >= 0.3 is 6.03 Å². The number of urea groups is 1. The Morgan fingerprint density at radius 3 is 2.76 bits per heavy atom. The van der Waals surface area contributed by atoms with Gasteiger partial charge in [0.05, 0.1) is 11.0 Å². The van der Waals surface area contributed by atoms with Gasteiger partial charge in [0.25, 0.3) is 0 Å². The van der Waals surface area contributed by atoms with Crippen LogP contribution in [0.3, 0.4) is 0 Å². The van der Waals surface area contributed by atoms with E-state index in [-0.39, 0.29) is 24.5 Å². The van der Waals surface area contributed by atoms with Crippen LogP contribution in [0.25, 0.3) is 0 Å². The van der Waals surface area contributed by atoms with Crippen molar-refractivity contribution < 1.29 is 23.3 Å². The maximum atomic E-state index is 13.0. The molecule has 9 heteroatoms. The highest BCUT2D eigenvalue weighted by atomic mass is 32.2. The van der Waals surface area contributed by atoms with Gasteiger partial charge in [-0.3, -0.25) is 10.1 Å². The van der Waals surface area contributed by atoms with Gasteiger partial charge in [-0.2, -0.15) is 0 Å². The molecule has 0 aromatic heterocycles. The number of rotatable bonds is 9. The topological polar surface area (TPSA) is 98.7 Å². The summed E-state index contributed by atoms with van der Waals surface area (Å²) in [5.41, 5.74) is 0.650. The lowest BCUT2D eigenvalue weighted by atomic mass is 10.1. The van der Waals surface area contributed by atoms with Gasteiger partial charge in [-0.15, -0.1) is 0 Å². The summed E-state index contributed by atoms with van der Waals surface area (Å²) >= 11 is 0. The highest BCUT2D eigenvalue weighted by molar-refractivity contribution is 7.83. The lowest BCUT2D eigenvalue weighted by molar-refractivity contribution is -0.118. The zero-order valence-corrected chi connectivity index (χ0v) is 14.8. The fraction of sp³-hybridized carbons (Fsp3) is 0.500. The minimum Gasteiger partial charge on any atom is -0.505 e. The number of benzene rings is 1. The van der Waals surface area contributed by atoms with Crippen LogP contribution in [0.5, 0.6) is 5.75 Å². The SMILES string of the molecule is CC(NS(=O)CCCCCN1CC(=O)NC1=O)c1ccc(F)c(O)c1. The molecule has 1 aromatic rings. The zero-order chi connectivity index (χ0) is 18.4. The number of amides is 3. The molecule has 0 aliphatic carbocycles. The van der Waals surface area contributed by atoms with E-state index in [1.54, 1.807) is 6.92 Å². The number of carbonyl (C=O) groups excluding carboxylic acids is 2. The third kappa shape index (κ3) is 5.79. The fourth-order valence-electron chi connectivity index (χ4n) is 2.50. The van der Waals surface area contributed by atoms with E-state index in [9.17, 15) is 23.3 Å². The number of carbonyl (C=O) groups is 2. The van der Waals surface area contributed by atoms with E-state index in [0.717, 1.165) is 12.8 Å². The number of hydrogen-bond acceptors (Lipinski definition) is 4. The van der Waals surface area contributed by atoms with Crippen molar-refractivity contribution in [1.82, 2.24) is 14.9 Å². The lowest BCUT2D eigenvalue weighted by Gasteiger charge is -2.15. The first-order valence-corrected chi connectivity index (χ1v) is 9.40. The second-order valence-corrected chi connectivity index (χ2v) is 7.27. The number of phenolic OH excluding ortho intramolecular Hbond substituents is 1. The maximum Gasteiger partial charge on any atom is 0.324 e. The summed E-state index contributed by atoms with van der Waals surface area (Å²) in [4.78, 5) is 23.9. The number of unbranched alkanes of at least 4 members (excludes halogenated alkanes) is 2. The molecule has 2 rings (SSSR count). The summed E-state index contributed by atoms with van der Waals surface area (Å²) in [6.45, 7) is 2.39. The van der Waals surface area contributed by atoms with E-state index in [1.807, 2.05) is 0 Å². The molecule has 1 aromatic carbocycles. The van der Waals surface area contributed by atoms with E-state index >= 15 is 0 Å². The quantitative estimate of drug-likeness (QED) is 0.453. The molecule has 2 unspecified atom stereocenters. The largest absolute Gasteiger partial charge is 0.505 e. The second-order valence-electron chi connectivity index (χ2n) is 5.94. The number of nitrogens with one attached hydrogen (secondary N) is 2. The first-order chi connectivity index (χ1) is 11.9. The smallest absolute Gasteiger partial charge is 0.324 e. The molecule has 138 valence electrons. The molecule has 0 saturated carbocycles. The highest BCUT2D eigenvalue weighted by Gasteiger charge is 2.25. The van der Waals surface area contributed by atoms with Crippen LogP contribution in [0.2, 0.25) is 0 Å². The van der Waals surface area contributed by atoms with Crippen molar-refractivity contribution in [2.75, 3.05) is 18.8 Å². The summed E-state index contributed by atoms with van der Waals surface area (Å²) in [5, 5.41) is 11.6. The predicted octanol–water partition coefficient (Wildman–Crippen LogP) is 1.57. The molecule has 2 atom stereocenters. The molecule has 0 bridgehead atoms. The van der Waals surface area contributed by atoms with Gasteiger partial charge in [-0.1, -0.05) is 12.5 Å². The van der Waals surface area contributed by atoms with Crippen molar-refractivity contribution in [3.05, 3.63) is 29.6 Å². The second kappa shape index (κ2) is 8.91. The van der Waals surface area contributed by atoms with Crippen molar-refractivity contribution in [2.45, 2.75) is 32.2 Å². The van der Waals surface area contributed by atoms with E-state index in [1.165, 1.54) is 23.1 Å². The molecule has 1 heterocycles. The van der Waals surface area contributed by atoms with Gasteiger partial charge in [-0.25, -0.2) is 18.1 Å². The van der Waals surface area contributed by atoms with Crippen LogP contribution in [0, 0.1) is 5.82 Å². The monoisotopic (exact) mass is 371 g/mol. The summed E-state index contributed by atoms with van der Waals surface area (Å²) in [6.07, 6.45) is 2.24. The number of aromatic hydroxyl groups is 1. The Balaban J connectivity index is 1.64. The Morgan fingerprint density at radius 1 is 1.36 bits per heavy atom. The molecule has 25 heavy (non-hydrogen) atoms. The van der Waals surface area contributed by atoms with Crippen molar-refractivity contribution >= 4 is 22.9 Å². The third-order valence-electron chi connectivity index (χ3n) is 3.90. The molecule has 1 aliphatic heterocycles. The van der Waals surface area contributed by atoms with Crippen LogP contribution in [0.1, 0.15) is 37.8 Å². The highest BCUT2D eigenvalue weighted by Crippen LogP contribution is 2.21. The number of imide groups is 1. The Hall–Kier alpha value is -2.00. The molecule has 7 nitrogen and oxygen atoms in total. The first-order valence-electron chi connectivity index (χ1n) is 8.08. The fourth-order valence-corrected chi connectivity index (χ4v) is 3.61. The zero-order valence-electron chi connectivity index (χ0n) is 14.0. The average molecular weight is 371 g/mol. The Morgan fingerprint density at radius 2 is 2.12 bits per heavy atom. The minimum absolute atomic E-state index is 0.106. The maximum absolute atomic E-state index is 13.0. The lowest BCUT2D eigenvalue weighted by Crippen LogP contribution is -2.29. The number of nitrogens with zero attached hydrogens (tertiary/aromatic N) is 1. The number of halogens is 1. The van der Waals surface area contributed by atoms with E-state index < -0.39 is 22.6 Å². The van der Waals surface area contributed by atoms with Crippen molar-refractivity contribution in [2.24, 2.45) is 0 Å². The van der Waals surface area contributed by atoms with Crippen LogP contribution in [0.4, 0.5) is 9.18 Å². The van der Waals surface area contributed by atoms with E-state index in [2.05, 4.69) is 10.0 Å². The van der Waals surface area contributed by atoms with Crippen molar-refractivity contribution in [3.8, 4) is 5.75 Å². The standard InChI is InChI=1S/C16H22FN3O4S/c1-11(12-5-6-13(17)14(21)9-12)19-25(24)8-4-2-3-7-20-10-15(22)18-16(20)23/h5-6,9,11,19,21H,2-4,7-8,10H2,1H3,(H,18,22,23). The summed E-state index contributed by atoms with van der Waals surface area (Å²) in [7, 11) is -1.25. The van der Waals surface area contributed by atoms with Gasteiger partial charge in [-0.05, 0) is 37.5 Å². The molecule has 3 N–H and O–H groups in total. The van der Waals surface area contributed by atoms with Crippen LogP contribution in [-0.4, -0.2) is 45.0 Å². The van der Waals surface area contributed by atoms with Crippen LogP contribution < -0.4 is 10.0 Å². The predicted molar refractivity (Wildman–Crippen MR) is 91.6 cm³/mol. The third-order valence-corrected chi connectivity index (χ3v) is 5.18. The molecule has 0 radical (unpaired) electrons. The molecular weight excluding hydrogens is 349 g/mol. The van der Waals surface area contributed by atoms with E-state index in [4.69, 9.17) is 0 Å². The van der Waals surface area contributed by atoms with Crippen LogP contribution >= 0.6 is 0 Å². The van der Waals surface area contributed by atoms with Crippen LogP contribution in [0.15, 0.2) is 18.2 Å². The number of hydrogen-bond donors (Lipinski definition) is 3. The first kappa shape index (κ1) is 19.3. The van der Waals surface area contributed by atoms with Gasteiger partial charge in [0.2, 0.25) is 5.91 Å². The van der Waals surface area contributed by atoms with E-state index in [0.29, 0.717) is 24.3 Å². The molecular formula is C16H22FN3O4S.